The van der Waals surface area contributed by atoms with Gasteiger partial charge in [0.05, 0.1) is 6.04 Å². The number of fused-ring (bicyclic) bond motifs is 1. The fourth-order valence-electron chi connectivity index (χ4n) is 3.68. The molecule has 0 saturated carbocycles. The molecule has 11 N–H and O–H groups in total. The number of para-hydroxylation sites is 1. The number of carbonyl (C=O) groups excluding carboxylic acids is 3. The summed E-state index contributed by atoms with van der Waals surface area (Å²) in [6, 6.07) is 4.97. The molecule has 0 spiro atoms. The fourth-order valence-corrected chi connectivity index (χ4v) is 3.68. The SMILES string of the molecule is CC(C)CC(N)C(=O)NC(CCCN=C(N)N)C(=O)NC(Cc1c[nH]c2ccccc12)C(N)=O. The molecule has 3 unspecified atom stereocenters. The Bertz CT molecular complexity index is 1010. The van der Waals surface area contributed by atoms with Gasteiger partial charge >= 0.3 is 0 Å². The lowest BCUT2D eigenvalue weighted by molar-refractivity contribution is -0.132. The molecule has 34 heavy (non-hydrogen) atoms. The van der Waals surface area contributed by atoms with Gasteiger partial charge in [0.1, 0.15) is 12.1 Å². The van der Waals surface area contributed by atoms with Gasteiger partial charge in [-0.1, -0.05) is 32.0 Å². The number of aliphatic imine (C=N–C) groups is 1. The van der Waals surface area contributed by atoms with Crippen molar-refractivity contribution in [2.45, 2.75) is 57.7 Å². The number of benzene rings is 1. The summed E-state index contributed by atoms with van der Waals surface area (Å²) in [7, 11) is 0. The van der Waals surface area contributed by atoms with E-state index in [1.807, 2.05) is 38.1 Å². The normalized spacial score (nSPS) is 13.8. The smallest absolute Gasteiger partial charge is 0.243 e. The predicted molar refractivity (Wildman–Crippen MR) is 132 cm³/mol. The molecule has 2 aromatic rings. The van der Waals surface area contributed by atoms with E-state index >= 15 is 0 Å². The largest absolute Gasteiger partial charge is 0.370 e. The zero-order valence-electron chi connectivity index (χ0n) is 19.7. The second-order valence-corrected chi connectivity index (χ2v) is 8.77. The molecule has 0 aliphatic carbocycles. The van der Waals surface area contributed by atoms with Crippen LogP contribution in [-0.2, 0) is 20.8 Å². The van der Waals surface area contributed by atoms with Gasteiger partial charge in [0.2, 0.25) is 17.7 Å². The van der Waals surface area contributed by atoms with Crippen molar-refractivity contribution in [3.8, 4) is 0 Å². The van der Waals surface area contributed by atoms with E-state index in [0.29, 0.717) is 12.8 Å². The highest BCUT2D eigenvalue weighted by Crippen LogP contribution is 2.19. The third-order valence-electron chi connectivity index (χ3n) is 5.40. The van der Waals surface area contributed by atoms with Crippen LogP contribution in [0.5, 0.6) is 0 Å². The van der Waals surface area contributed by atoms with E-state index < -0.39 is 35.8 Å². The third-order valence-corrected chi connectivity index (χ3v) is 5.40. The molecule has 2 rings (SSSR count). The van der Waals surface area contributed by atoms with Crippen molar-refractivity contribution in [2.75, 3.05) is 6.54 Å². The Labute approximate surface area is 199 Å². The Morgan fingerprint density at radius 1 is 1.03 bits per heavy atom. The van der Waals surface area contributed by atoms with Gasteiger partial charge < -0.3 is 38.6 Å². The average molecular weight is 473 g/mol. The van der Waals surface area contributed by atoms with Gasteiger partial charge in [-0.2, -0.15) is 0 Å². The number of aromatic nitrogens is 1. The number of guanidine groups is 1. The first-order chi connectivity index (χ1) is 16.1. The highest BCUT2D eigenvalue weighted by atomic mass is 16.2. The molecule has 1 aromatic carbocycles. The summed E-state index contributed by atoms with van der Waals surface area (Å²) in [6.45, 7) is 4.19. The van der Waals surface area contributed by atoms with E-state index in [2.05, 4.69) is 20.6 Å². The maximum atomic E-state index is 13.1. The van der Waals surface area contributed by atoms with Gasteiger partial charge in [-0.15, -0.1) is 0 Å². The molecule has 0 saturated heterocycles. The topological polar surface area (TPSA) is 208 Å². The molecule has 0 aliphatic heterocycles. The molecule has 11 nitrogen and oxygen atoms in total. The molecule has 1 aromatic heterocycles. The number of nitrogens with one attached hydrogen (secondary N) is 3. The second-order valence-electron chi connectivity index (χ2n) is 8.77. The number of H-pyrrole nitrogens is 1. The Morgan fingerprint density at radius 3 is 2.35 bits per heavy atom. The molecule has 186 valence electrons. The molecule has 3 atom stereocenters. The molecule has 11 heteroatoms. The summed E-state index contributed by atoms with van der Waals surface area (Å²) < 4.78 is 0. The first-order valence-electron chi connectivity index (χ1n) is 11.3. The van der Waals surface area contributed by atoms with Crippen LogP contribution in [0.1, 0.15) is 38.7 Å². The van der Waals surface area contributed by atoms with E-state index in [9.17, 15) is 14.4 Å². The lowest BCUT2D eigenvalue weighted by atomic mass is 10.0. The van der Waals surface area contributed by atoms with Crippen molar-refractivity contribution in [3.05, 3.63) is 36.0 Å². The minimum Gasteiger partial charge on any atom is -0.370 e. The second kappa shape index (κ2) is 12.6. The van der Waals surface area contributed by atoms with E-state index in [1.165, 1.54) is 0 Å². The summed E-state index contributed by atoms with van der Waals surface area (Å²) >= 11 is 0. The van der Waals surface area contributed by atoms with Crippen molar-refractivity contribution in [1.82, 2.24) is 15.6 Å². The van der Waals surface area contributed by atoms with Crippen LogP contribution in [-0.4, -0.2) is 53.3 Å². The average Bonchev–Trinajstić information content (AvgIpc) is 3.17. The van der Waals surface area contributed by atoms with E-state index in [4.69, 9.17) is 22.9 Å². The van der Waals surface area contributed by atoms with E-state index in [-0.39, 0.29) is 31.3 Å². The number of nitrogens with zero attached hydrogens (tertiary/aromatic N) is 1. The van der Waals surface area contributed by atoms with Gasteiger partial charge in [0, 0.05) is 30.1 Å². The first kappa shape index (κ1) is 26.7. The maximum absolute atomic E-state index is 13.1. The highest BCUT2D eigenvalue weighted by Gasteiger charge is 2.28. The van der Waals surface area contributed by atoms with E-state index in [1.54, 1.807) is 6.20 Å². The van der Waals surface area contributed by atoms with Crippen LogP contribution in [0, 0.1) is 5.92 Å². The van der Waals surface area contributed by atoms with Crippen molar-refractivity contribution in [1.29, 1.82) is 0 Å². The molecule has 1 heterocycles. The van der Waals surface area contributed by atoms with Crippen molar-refractivity contribution in [3.63, 3.8) is 0 Å². The number of hydrogen-bond acceptors (Lipinski definition) is 5. The zero-order chi connectivity index (χ0) is 25.3. The van der Waals surface area contributed by atoms with Crippen molar-refractivity contribution >= 4 is 34.6 Å². The molecule has 0 bridgehead atoms. The minimum absolute atomic E-state index is 0.0588. The van der Waals surface area contributed by atoms with Crippen molar-refractivity contribution < 1.29 is 14.4 Å². The fraction of sp³-hybridized carbons (Fsp3) is 0.478. The number of hydrogen-bond donors (Lipinski definition) is 7. The molecular weight excluding hydrogens is 436 g/mol. The van der Waals surface area contributed by atoms with Gasteiger partial charge in [-0.25, -0.2) is 0 Å². The van der Waals surface area contributed by atoms with Gasteiger partial charge in [-0.3, -0.25) is 19.4 Å². The lowest BCUT2D eigenvalue weighted by Gasteiger charge is -2.23. The number of nitrogens with two attached hydrogens (primary N) is 4. The Hall–Kier alpha value is -3.60. The van der Waals surface area contributed by atoms with Crippen LogP contribution in [0.4, 0.5) is 0 Å². The molecular formula is C23H36N8O3. The summed E-state index contributed by atoms with van der Waals surface area (Å²) in [5.74, 6) is -1.50. The summed E-state index contributed by atoms with van der Waals surface area (Å²) in [6.07, 6.45) is 3.14. The molecule has 3 amide bonds. The van der Waals surface area contributed by atoms with Crippen LogP contribution in [0.2, 0.25) is 0 Å². The van der Waals surface area contributed by atoms with Gasteiger partial charge in [-0.05, 0) is 36.8 Å². The lowest BCUT2D eigenvalue weighted by Crippen LogP contribution is -2.55. The van der Waals surface area contributed by atoms with Crippen molar-refractivity contribution in [2.24, 2.45) is 33.8 Å². The summed E-state index contributed by atoms with van der Waals surface area (Å²) in [4.78, 5) is 44.9. The van der Waals surface area contributed by atoms with Crippen LogP contribution in [0.25, 0.3) is 10.9 Å². The molecule has 0 fully saturated rings. The molecule has 0 radical (unpaired) electrons. The van der Waals surface area contributed by atoms with Crippen LogP contribution in [0.3, 0.4) is 0 Å². The zero-order valence-corrected chi connectivity index (χ0v) is 19.7. The minimum atomic E-state index is -0.965. The van der Waals surface area contributed by atoms with Crippen LogP contribution >= 0.6 is 0 Å². The van der Waals surface area contributed by atoms with Gasteiger partial charge in [0.25, 0.3) is 0 Å². The number of aromatic amines is 1. The maximum Gasteiger partial charge on any atom is 0.243 e. The van der Waals surface area contributed by atoms with E-state index in [0.717, 1.165) is 16.5 Å². The van der Waals surface area contributed by atoms with Gasteiger partial charge in [0.15, 0.2) is 5.96 Å². The first-order valence-corrected chi connectivity index (χ1v) is 11.3. The number of rotatable bonds is 13. The Kier molecular flexibility index (Phi) is 9.87. The monoisotopic (exact) mass is 472 g/mol. The van der Waals surface area contributed by atoms with Crippen LogP contribution < -0.4 is 33.6 Å². The predicted octanol–water partition coefficient (Wildman–Crippen LogP) is -0.408. The quantitative estimate of drug-likeness (QED) is 0.117. The summed E-state index contributed by atoms with van der Waals surface area (Å²) in [5.41, 5.74) is 24.0. The Morgan fingerprint density at radius 2 is 1.71 bits per heavy atom. The molecule has 0 aliphatic rings. The highest BCUT2D eigenvalue weighted by molar-refractivity contribution is 5.93. The Balaban J connectivity index is 2.13. The van der Waals surface area contributed by atoms with Crippen LogP contribution in [0.15, 0.2) is 35.5 Å². The standard InChI is InChI=1S/C23H36N8O3/c1-13(2)10-16(24)21(33)30-18(8-5-9-28-23(26)27)22(34)31-19(20(25)32)11-14-12-29-17-7-4-3-6-15(14)17/h3-4,6-7,12-13,16,18-19,29H,5,8-11,24H2,1-2H3,(H2,25,32)(H,30,33)(H,31,34)(H4,26,27,28). The third kappa shape index (κ3) is 8.07. The summed E-state index contributed by atoms with van der Waals surface area (Å²) in [5, 5.41) is 6.32. The number of amides is 3. The number of carbonyl (C=O) groups is 3. The number of primary amides is 1.